The van der Waals surface area contributed by atoms with Gasteiger partial charge in [0.25, 0.3) is 0 Å². The SMILES string of the molecule is CC1(C(=O)O)CCN(C(=O)NCC2CCC2)C1. The van der Waals surface area contributed by atoms with E-state index in [0.29, 0.717) is 25.4 Å². The van der Waals surface area contributed by atoms with Crippen molar-refractivity contribution >= 4 is 12.0 Å². The van der Waals surface area contributed by atoms with Crippen LogP contribution in [0, 0.1) is 11.3 Å². The molecule has 2 aliphatic rings. The van der Waals surface area contributed by atoms with Gasteiger partial charge in [0, 0.05) is 19.6 Å². The van der Waals surface area contributed by atoms with Crippen LogP contribution < -0.4 is 5.32 Å². The molecule has 0 spiro atoms. The number of urea groups is 1. The van der Waals surface area contributed by atoms with Crippen molar-refractivity contribution in [2.75, 3.05) is 19.6 Å². The molecule has 2 fully saturated rings. The molecule has 1 atom stereocenters. The Labute approximate surface area is 101 Å². The molecule has 96 valence electrons. The zero-order chi connectivity index (χ0) is 12.5. The summed E-state index contributed by atoms with van der Waals surface area (Å²) in [5.74, 6) is -0.181. The summed E-state index contributed by atoms with van der Waals surface area (Å²) in [6.45, 7) is 3.30. The summed E-state index contributed by atoms with van der Waals surface area (Å²) < 4.78 is 0. The number of nitrogens with zero attached hydrogens (tertiary/aromatic N) is 1. The molecule has 2 N–H and O–H groups in total. The number of hydrogen-bond acceptors (Lipinski definition) is 2. The molecular formula is C12H20N2O3. The van der Waals surface area contributed by atoms with Gasteiger partial charge in [0.2, 0.25) is 0 Å². The number of carboxylic acids is 1. The number of aliphatic carboxylic acids is 1. The first kappa shape index (κ1) is 12.2. The van der Waals surface area contributed by atoms with Crippen LogP contribution in [0.25, 0.3) is 0 Å². The van der Waals surface area contributed by atoms with Crippen LogP contribution in [-0.2, 0) is 4.79 Å². The van der Waals surface area contributed by atoms with Crippen LogP contribution in [0.2, 0.25) is 0 Å². The molecule has 5 nitrogen and oxygen atoms in total. The lowest BCUT2D eigenvalue weighted by molar-refractivity contribution is -0.146. The molecule has 1 saturated carbocycles. The van der Waals surface area contributed by atoms with Gasteiger partial charge in [0.05, 0.1) is 5.41 Å². The standard InChI is InChI=1S/C12H20N2O3/c1-12(10(15)16)5-6-14(8-12)11(17)13-7-9-3-2-4-9/h9H,2-8H2,1H3,(H,13,17)(H,15,16). The van der Waals surface area contributed by atoms with Gasteiger partial charge in [0.1, 0.15) is 0 Å². The minimum atomic E-state index is -0.813. The Kier molecular flexibility index (Phi) is 3.26. The number of amides is 2. The number of carbonyl (C=O) groups is 2. The zero-order valence-electron chi connectivity index (χ0n) is 10.2. The van der Waals surface area contributed by atoms with Gasteiger partial charge in [-0.15, -0.1) is 0 Å². The number of likely N-dealkylation sites (tertiary alicyclic amines) is 1. The lowest BCUT2D eigenvalue weighted by atomic mass is 9.85. The minimum absolute atomic E-state index is 0.109. The number of hydrogen-bond donors (Lipinski definition) is 2. The number of nitrogens with one attached hydrogen (secondary N) is 1. The lowest BCUT2D eigenvalue weighted by Crippen LogP contribution is -2.43. The third-order valence-electron chi connectivity index (χ3n) is 4.04. The highest BCUT2D eigenvalue weighted by Gasteiger charge is 2.42. The summed E-state index contributed by atoms with van der Waals surface area (Å²) in [5.41, 5.74) is -0.770. The fraction of sp³-hybridized carbons (Fsp3) is 0.833. The first-order valence-corrected chi connectivity index (χ1v) is 6.27. The molecule has 17 heavy (non-hydrogen) atoms. The monoisotopic (exact) mass is 240 g/mol. The van der Waals surface area contributed by atoms with Crippen molar-refractivity contribution < 1.29 is 14.7 Å². The van der Waals surface area contributed by atoms with Crippen LogP contribution in [0.5, 0.6) is 0 Å². The van der Waals surface area contributed by atoms with E-state index in [1.165, 1.54) is 19.3 Å². The van der Waals surface area contributed by atoms with Gasteiger partial charge in [-0.05, 0) is 32.1 Å². The van der Waals surface area contributed by atoms with Gasteiger partial charge in [-0.1, -0.05) is 6.42 Å². The Balaban J connectivity index is 1.79. The van der Waals surface area contributed by atoms with Crippen LogP contribution in [0.3, 0.4) is 0 Å². The van der Waals surface area contributed by atoms with Gasteiger partial charge in [-0.2, -0.15) is 0 Å². The van der Waals surface area contributed by atoms with Crippen LogP contribution >= 0.6 is 0 Å². The van der Waals surface area contributed by atoms with Gasteiger partial charge < -0.3 is 15.3 Å². The average Bonchev–Trinajstić information content (AvgIpc) is 2.60. The highest BCUT2D eigenvalue weighted by molar-refractivity contribution is 5.79. The summed E-state index contributed by atoms with van der Waals surface area (Å²) in [4.78, 5) is 24.5. The topological polar surface area (TPSA) is 69.6 Å². The zero-order valence-corrected chi connectivity index (χ0v) is 10.2. The van der Waals surface area contributed by atoms with Gasteiger partial charge in [-0.3, -0.25) is 4.79 Å². The highest BCUT2D eigenvalue weighted by atomic mass is 16.4. The largest absolute Gasteiger partial charge is 0.481 e. The average molecular weight is 240 g/mol. The van der Waals surface area contributed by atoms with E-state index in [4.69, 9.17) is 5.11 Å². The summed E-state index contributed by atoms with van der Waals surface area (Å²) in [6.07, 6.45) is 4.21. The van der Waals surface area contributed by atoms with Crippen molar-refractivity contribution in [1.82, 2.24) is 10.2 Å². The summed E-state index contributed by atoms with van der Waals surface area (Å²) >= 11 is 0. The van der Waals surface area contributed by atoms with E-state index in [9.17, 15) is 9.59 Å². The lowest BCUT2D eigenvalue weighted by Gasteiger charge is -2.27. The molecule has 1 saturated heterocycles. The van der Waals surface area contributed by atoms with Crippen LogP contribution in [0.15, 0.2) is 0 Å². The number of carbonyl (C=O) groups excluding carboxylic acids is 1. The molecule has 2 rings (SSSR count). The minimum Gasteiger partial charge on any atom is -0.481 e. The van der Waals surface area contributed by atoms with E-state index < -0.39 is 11.4 Å². The summed E-state index contributed by atoms with van der Waals surface area (Å²) in [6, 6.07) is -0.109. The molecule has 2 amide bonds. The predicted octanol–water partition coefficient (Wildman–Crippen LogP) is 1.29. The molecule has 0 bridgehead atoms. The van der Waals surface area contributed by atoms with Crippen molar-refractivity contribution in [3.05, 3.63) is 0 Å². The molecule has 0 aromatic carbocycles. The molecule has 1 aliphatic carbocycles. The molecule has 0 radical (unpaired) electrons. The van der Waals surface area contributed by atoms with Gasteiger partial charge in [-0.25, -0.2) is 4.79 Å². The number of rotatable bonds is 3. The Bertz CT molecular complexity index is 328. The highest BCUT2D eigenvalue weighted by Crippen LogP contribution is 2.30. The van der Waals surface area contributed by atoms with E-state index >= 15 is 0 Å². The maximum atomic E-state index is 11.8. The Morgan fingerprint density at radius 1 is 1.47 bits per heavy atom. The van der Waals surface area contributed by atoms with Crippen LogP contribution in [0.4, 0.5) is 4.79 Å². The van der Waals surface area contributed by atoms with E-state index in [1.54, 1.807) is 11.8 Å². The van der Waals surface area contributed by atoms with Crippen molar-refractivity contribution in [3.8, 4) is 0 Å². The quantitative estimate of drug-likeness (QED) is 0.781. The molecule has 1 unspecified atom stereocenters. The second kappa shape index (κ2) is 4.55. The molecule has 1 aliphatic heterocycles. The summed E-state index contributed by atoms with van der Waals surface area (Å²) in [5, 5.41) is 12.0. The Morgan fingerprint density at radius 3 is 2.65 bits per heavy atom. The second-order valence-electron chi connectivity index (χ2n) is 5.52. The first-order chi connectivity index (χ1) is 8.01. The predicted molar refractivity (Wildman–Crippen MR) is 62.7 cm³/mol. The van der Waals surface area contributed by atoms with Crippen LogP contribution in [0.1, 0.15) is 32.6 Å². The molecule has 1 heterocycles. The second-order valence-corrected chi connectivity index (χ2v) is 5.52. The fourth-order valence-corrected chi connectivity index (χ4v) is 2.35. The van der Waals surface area contributed by atoms with E-state index in [-0.39, 0.29) is 6.03 Å². The third kappa shape index (κ3) is 2.53. The van der Waals surface area contributed by atoms with E-state index in [0.717, 1.165) is 6.54 Å². The fourth-order valence-electron chi connectivity index (χ4n) is 2.35. The maximum absolute atomic E-state index is 11.8. The smallest absolute Gasteiger partial charge is 0.317 e. The molecular weight excluding hydrogens is 220 g/mol. The van der Waals surface area contributed by atoms with Crippen molar-refractivity contribution in [2.45, 2.75) is 32.6 Å². The Hall–Kier alpha value is -1.26. The van der Waals surface area contributed by atoms with Crippen molar-refractivity contribution in [3.63, 3.8) is 0 Å². The van der Waals surface area contributed by atoms with Crippen LogP contribution in [-0.4, -0.2) is 41.6 Å². The number of carboxylic acid groups (broad SMARTS) is 1. The maximum Gasteiger partial charge on any atom is 0.317 e. The van der Waals surface area contributed by atoms with Crippen molar-refractivity contribution in [1.29, 1.82) is 0 Å². The normalized spacial score (nSPS) is 28.9. The Morgan fingerprint density at radius 2 is 2.18 bits per heavy atom. The first-order valence-electron chi connectivity index (χ1n) is 6.27. The molecule has 0 aromatic rings. The van der Waals surface area contributed by atoms with Gasteiger partial charge in [0.15, 0.2) is 0 Å². The van der Waals surface area contributed by atoms with Gasteiger partial charge >= 0.3 is 12.0 Å². The molecule has 5 heteroatoms. The third-order valence-corrected chi connectivity index (χ3v) is 4.04. The molecule has 0 aromatic heterocycles. The van der Waals surface area contributed by atoms with E-state index in [1.807, 2.05) is 0 Å². The summed E-state index contributed by atoms with van der Waals surface area (Å²) in [7, 11) is 0. The van der Waals surface area contributed by atoms with E-state index in [2.05, 4.69) is 5.32 Å². The van der Waals surface area contributed by atoms with Crippen molar-refractivity contribution in [2.24, 2.45) is 11.3 Å².